The summed E-state index contributed by atoms with van der Waals surface area (Å²) < 4.78 is 10.1. The van der Waals surface area contributed by atoms with Crippen molar-refractivity contribution in [3.8, 4) is 0 Å². The van der Waals surface area contributed by atoms with Crippen LogP contribution in [0.4, 0.5) is 0 Å². The van der Waals surface area contributed by atoms with E-state index in [1.165, 1.54) is 0 Å². The Morgan fingerprint density at radius 1 is 1.73 bits per heavy atom. The van der Waals surface area contributed by atoms with Crippen LogP contribution in [0.2, 0.25) is 0 Å². The van der Waals surface area contributed by atoms with E-state index in [0.717, 1.165) is 12.8 Å². The molecular weight excluding hydrogens is 148 g/mol. The van der Waals surface area contributed by atoms with Crippen molar-refractivity contribution in [1.29, 1.82) is 0 Å². The Hall–Kier alpha value is -0.610. The van der Waals surface area contributed by atoms with Crippen LogP contribution in [0.3, 0.4) is 0 Å². The average Bonchev–Trinajstić information content (AvgIpc) is 2.34. The molecule has 0 aromatic heterocycles. The summed E-state index contributed by atoms with van der Waals surface area (Å²) in [6.07, 6.45) is 1.32. The number of carbonyl (C=O) groups is 1. The van der Waals surface area contributed by atoms with Crippen molar-refractivity contribution in [2.24, 2.45) is 0 Å². The lowest BCUT2D eigenvalue weighted by molar-refractivity contribution is -0.146. The van der Waals surface area contributed by atoms with Crippen LogP contribution >= 0.6 is 0 Å². The van der Waals surface area contributed by atoms with Crippen LogP contribution in [0.5, 0.6) is 0 Å². The van der Waals surface area contributed by atoms with Gasteiger partial charge in [-0.3, -0.25) is 4.79 Å². The molecule has 4 heteroatoms. The molecule has 0 radical (unpaired) electrons. The zero-order valence-electron chi connectivity index (χ0n) is 6.45. The number of carboxylic acid groups (broad SMARTS) is 1. The van der Waals surface area contributed by atoms with Gasteiger partial charge in [0.15, 0.2) is 6.29 Å². The van der Waals surface area contributed by atoms with Crippen LogP contribution in [0.15, 0.2) is 0 Å². The fraction of sp³-hybridized carbons (Fsp3) is 0.857. The molecule has 0 aromatic rings. The van der Waals surface area contributed by atoms with Gasteiger partial charge in [0.25, 0.3) is 0 Å². The first-order chi connectivity index (χ1) is 5.22. The van der Waals surface area contributed by atoms with Crippen LogP contribution in [0, 0.1) is 0 Å². The maximum absolute atomic E-state index is 10.2. The van der Waals surface area contributed by atoms with Gasteiger partial charge in [0, 0.05) is 13.5 Å². The third-order valence-corrected chi connectivity index (χ3v) is 1.73. The third-order valence-electron chi connectivity index (χ3n) is 1.73. The van der Waals surface area contributed by atoms with Crippen molar-refractivity contribution in [1.82, 2.24) is 0 Å². The second kappa shape index (κ2) is 3.69. The molecule has 1 saturated heterocycles. The van der Waals surface area contributed by atoms with Crippen molar-refractivity contribution in [3.63, 3.8) is 0 Å². The number of carboxylic acids is 1. The van der Waals surface area contributed by atoms with Crippen LogP contribution in [-0.4, -0.2) is 30.6 Å². The Morgan fingerprint density at radius 2 is 2.45 bits per heavy atom. The minimum Gasteiger partial charge on any atom is -0.481 e. The molecule has 1 heterocycles. The molecule has 1 N–H and O–H groups in total. The molecule has 4 nitrogen and oxygen atoms in total. The summed E-state index contributed by atoms with van der Waals surface area (Å²) in [5, 5.41) is 8.41. The van der Waals surface area contributed by atoms with E-state index >= 15 is 0 Å². The molecule has 0 aliphatic carbocycles. The first-order valence-corrected chi connectivity index (χ1v) is 3.62. The molecule has 1 aliphatic rings. The Balaban J connectivity index is 2.24. The fourth-order valence-electron chi connectivity index (χ4n) is 1.19. The van der Waals surface area contributed by atoms with Crippen LogP contribution < -0.4 is 0 Å². The Kier molecular flexibility index (Phi) is 2.84. The second-order valence-corrected chi connectivity index (χ2v) is 2.60. The normalized spacial score (nSPS) is 30.6. The maximum Gasteiger partial charge on any atom is 0.305 e. The van der Waals surface area contributed by atoms with Crippen LogP contribution in [-0.2, 0) is 14.3 Å². The molecule has 64 valence electrons. The smallest absolute Gasteiger partial charge is 0.305 e. The highest BCUT2D eigenvalue weighted by molar-refractivity contribution is 5.67. The summed E-state index contributed by atoms with van der Waals surface area (Å²) in [6, 6.07) is 0. The molecule has 0 aromatic carbocycles. The molecule has 1 aliphatic heterocycles. The molecule has 1 fully saturated rings. The lowest BCUT2D eigenvalue weighted by Crippen LogP contribution is -2.15. The van der Waals surface area contributed by atoms with E-state index in [2.05, 4.69) is 0 Å². The number of hydrogen-bond acceptors (Lipinski definition) is 3. The first kappa shape index (κ1) is 8.49. The van der Waals surface area contributed by atoms with Gasteiger partial charge in [0.1, 0.15) is 0 Å². The molecule has 0 bridgehead atoms. The zero-order valence-corrected chi connectivity index (χ0v) is 6.45. The molecule has 0 saturated carbocycles. The molecule has 2 atom stereocenters. The number of rotatable bonds is 3. The topological polar surface area (TPSA) is 55.8 Å². The second-order valence-electron chi connectivity index (χ2n) is 2.60. The SMILES string of the molecule is COC1CCC(CC(=O)O)O1. The van der Waals surface area contributed by atoms with E-state index in [0.29, 0.717) is 0 Å². The highest BCUT2D eigenvalue weighted by Gasteiger charge is 2.26. The van der Waals surface area contributed by atoms with E-state index in [9.17, 15) is 4.79 Å². The number of ether oxygens (including phenoxy) is 2. The van der Waals surface area contributed by atoms with E-state index in [-0.39, 0.29) is 18.8 Å². The monoisotopic (exact) mass is 160 g/mol. The van der Waals surface area contributed by atoms with Gasteiger partial charge in [0.05, 0.1) is 12.5 Å². The maximum atomic E-state index is 10.2. The Bertz CT molecular complexity index is 145. The Morgan fingerprint density at radius 3 is 2.91 bits per heavy atom. The molecular formula is C7H12O4. The van der Waals surface area contributed by atoms with Crippen molar-refractivity contribution in [2.45, 2.75) is 31.7 Å². The van der Waals surface area contributed by atoms with E-state index in [4.69, 9.17) is 14.6 Å². The van der Waals surface area contributed by atoms with Crippen molar-refractivity contribution < 1.29 is 19.4 Å². The van der Waals surface area contributed by atoms with Crippen LogP contribution in [0.25, 0.3) is 0 Å². The summed E-state index contributed by atoms with van der Waals surface area (Å²) in [5.41, 5.74) is 0. The summed E-state index contributed by atoms with van der Waals surface area (Å²) in [5.74, 6) is -0.813. The highest BCUT2D eigenvalue weighted by Crippen LogP contribution is 2.21. The van der Waals surface area contributed by atoms with Crippen molar-refractivity contribution in [3.05, 3.63) is 0 Å². The summed E-state index contributed by atoms with van der Waals surface area (Å²) in [6.45, 7) is 0. The van der Waals surface area contributed by atoms with Gasteiger partial charge in [-0.15, -0.1) is 0 Å². The predicted molar refractivity (Wildman–Crippen MR) is 37.2 cm³/mol. The van der Waals surface area contributed by atoms with Gasteiger partial charge in [-0.05, 0) is 6.42 Å². The minimum atomic E-state index is -0.813. The van der Waals surface area contributed by atoms with E-state index in [1.807, 2.05) is 0 Å². The highest BCUT2D eigenvalue weighted by atomic mass is 16.7. The lowest BCUT2D eigenvalue weighted by atomic mass is 10.2. The van der Waals surface area contributed by atoms with Crippen LogP contribution in [0.1, 0.15) is 19.3 Å². The summed E-state index contributed by atoms with van der Waals surface area (Å²) in [4.78, 5) is 10.2. The first-order valence-electron chi connectivity index (χ1n) is 3.62. The number of methoxy groups -OCH3 is 1. The number of hydrogen-bond donors (Lipinski definition) is 1. The van der Waals surface area contributed by atoms with Gasteiger partial charge in [-0.2, -0.15) is 0 Å². The molecule has 1 rings (SSSR count). The van der Waals surface area contributed by atoms with Gasteiger partial charge in [-0.1, -0.05) is 0 Å². The fourth-order valence-corrected chi connectivity index (χ4v) is 1.19. The third kappa shape index (κ3) is 2.48. The van der Waals surface area contributed by atoms with E-state index in [1.54, 1.807) is 7.11 Å². The minimum absolute atomic E-state index is 0.0832. The average molecular weight is 160 g/mol. The predicted octanol–water partition coefficient (Wildman–Crippen LogP) is 0.613. The quantitative estimate of drug-likeness (QED) is 0.657. The van der Waals surface area contributed by atoms with Gasteiger partial charge >= 0.3 is 5.97 Å². The molecule has 2 unspecified atom stereocenters. The van der Waals surface area contributed by atoms with E-state index < -0.39 is 5.97 Å². The summed E-state index contributed by atoms with van der Waals surface area (Å²) >= 11 is 0. The Labute approximate surface area is 65.1 Å². The van der Waals surface area contributed by atoms with Crippen molar-refractivity contribution >= 4 is 5.97 Å². The van der Waals surface area contributed by atoms with Gasteiger partial charge < -0.3 is 14.6 Å². The van der Waals surface area contributed by atoms with Gasteiger partial charge in [-0.25, -0.2) is 0 Å². The largest absolute Gasteiger partial charge is 0.481 e. The van der Waals surface area contributed by atoms with Crippen molar-refractivity contribution in [2.75, 3.05) is 7.11 Å². The summed E-state index contributed by atoms with van der Waals surface area (Å²) in [7, 11) is 1.56. The molecule has 11 heavy (non-hydrogen) atoms. The van der Waals surface area contributed by atoms with Gasteiger partial charge in [0.2, 0.25) is 0 Å². The standard InChI is InChI=1S/C7H12O4/c1-10-7-3-2-5(11-7)4-6(8)9/h5,7H,2-4H2,1H3,(H,8,9). The number of aliphatic carboxylic acids is 1. The molecule has 0 spiro atoms. The molecule has 0 amide bonds. The lowest BCUT2D eigenvalue weighted by Gasteiger charge is -2.09. The zero-order chi connectivity index (χ0) is 8.27.